The van der Waals surface area contributed by atoms with Crippen molar-refractivity contribution < 1.29 is 28.4 Å². The zero-order valence-electron chi connectivity index (χ0n) is 20.8. The van der Waals surface area contributed by atoms with E-state index in [0.29, 0.717) is 26.4 Å². The van der Waals surface area contributed by atoms with Crippen LogP contribution in [0.5, 0.6) is 0 Å². The van der Waals surface area contributed by atoms with Gasteiger partial charge in [-0.3, -0.25) is 0 Å². The highest BCUT2D eigenvalue weighted by atomic mass is 16.8. The van der Waals surface area contributed by atoms with Crippen LogP contribution < -0.4 is 0 Å². The Labute approximate surface area is 213 Å². The molecule has 0 bridgehead atoms. The van der Waals surface area contributed by atoms with Gasteiger partial charge in [-0.1, -0.05) is 91.0 Å². The van der Waals surface area contributed by atoms with Crippen molar-refractivity contribution in [3.05, 3.63) is 108 Å². The number of hydrogen-bond donors (Lipinski definition) is 0. The summed E-state index contributed by atoms with van der Waals surface area (Å²) < 4.78 is 37.9. The second-order valence-corrected chi connectivity index (χ2v) is 9.67. The van der Waals surface area contributed by atoms with E-state index < -0.39 is 36.5 Å². The van der Waals surface area contributed by atoms with Crippen LogP contribution in [0.25, 0.3) is 0 Å². The lowest BCUT2D eigenvalue weighted by atomic mass is 9.98. The molecule has 0 aromatic heterocycles. The van der Waals surface area contributed by atoms with Gasteiger partial charge in [0.15, 0.2) is 12.1 Å². The minimum absolute atomic E-state index is 0.340. The zero-order chi connectivity index (χ0) is 24.8. The molecule has 2 heterocycles. The molecule has 0 radical (unpaired) electrons. The Bertz CT molecular complexity index is 1060. The molecule has 3 aromatic carbocycles. The van der Waals surface area contributed by atoms with Crippen LogP contribution in [0.3, 0.4) is 0 Å². The molecule has 2 aliphatic rings. The first-order valence-corrected chi connectivity index (χ1v) is 12.5. The molecule has 2 fully saturated rings. The largest absolute Gasteiger partial charge is 0.374 e. The second kappa shape index (κ2) is 11.6. The van der Waals surface area contributed by atoms with Crippen LogP contribution in [0.15, 0.2) is 91.0 Å². The van der Waals surface area contributed by atoms with Gasteiger partial charge in [-0.25, -0.2) is 0 Å². The average molecular weight is 491 g/mol. The van der Waals surface area contributed by atoms with Crippen LogP contribution in [0.2, 0.25) is 0 Å². The minimum Gasteiger partial charge on any atom is -0.374 e. The number of benzene rings is 3. The van der Waals surface area contributed by atoms with E-state index >= 15 is 0 Å². The Kier molecular flexibility index (Phi) is 8.12. The highest BCUT2D eigenvalue weighted by molar-refractivity contribution is 5.15. The molecule has 6 heteroatoms. The molecule has 0 saturated carbocycles. The normalized spacial score (nSPS) is 27.0. The number of rotatable bonds is 10. The number of hydrogen-bond acceptors (Lipinski definition) is 6. The van der Waals surface area contributed by atoms with Crippen LogP contribution in [-0.2, 0) is 48.2 Å². The van der Waals surface area contributed by atoms with Gasteiger partial charge in [0.2, 0.25) is 0 Å². The Morgan fingerprint density at radius 1 is 0.639 bits per heavy atom. The lowest BCUT2D eigenvalue weighted by Gasteiger charge is -2.42. The fourth-order valence-electron chi connectivity index (χ4n) is 4.66. The first-order valence-electron chi connectivity index (χ1n) is 12.5. The Hall–Kier alpha value is -2.58. The lowest BCUT2D eigenvalue weighted by Crippen LogP contribution is -2.59. The molecule has 0 amide bonds. The number of ether oxygens (including phenoxy) is 6. The summed E-state index contributed by atoms with van der Waals surface area (Å²) in [4.78, 5) is 0. The van der Waals surface area contributed by atoms with Crippen LogP contribution in [-0.4, -0.2) is 43.1 Å². The SMILES string of the molecule is CC1(C)O[C@H]2O[C@H](COCc3ccccc3)[C@@H](OCc3ccccc3)[C@H](OCc3ccccc3)[C@H]2O1. The van der Waals surface area contributed by atoms with Crippen LogP contribution in [0.1, 0.15) is 30.5 Å². The monoisotopic (exact) mass is 490 g/mol. The smallest absolute Gasteiger partial charge is 0.190 e. The third kappa shape index (κ3) is 6.40. The standard InChI is InChI=1S/C30H34O6/c1-30(2)35-28-27(33-20-24-16-10-5-11-17-24)26(32-19-23-14-8-4-9-15-23)25(34-29(28)36-30)21-31-18-22-12-6-3-7-13-22/h3-17,25-29H,18-21H2,1-2H3/t25-,26-,27+,28-,29-/m1/s1. The van der Waals surface area contributed by atoms with Crippen molar-refractivity contribution in [3.63, 3.8) is 0 Å². The van der Waals surface area contributed by atoms with Crippen molar-refractivity contribution in [1.29, 1.82) is 0 Å². The molecule has 2 aliphatic heterocycles. The zero-order valence-corrected chi connectivity index (χ0v) is 20.8. The van der Waals surface area contributed by atoms with Gasteiger partial charge in [0.05, 0.1) is 26.4 Å². The van der Waals surface area contributed by atoms with Gasteiger partial charge in [-0.15, -0.1) is 0 Å². The molecule has 2 saturated heterocycles. The topological polar surface area (TPSA) is 55.4 Å². The molecular formula is C30H34O6. The predicted molar refractivity (Wildman–Crippen MR) is 135 cm³/mol. The molecule has 0 N–H and O–H groups in total. The van der Waals surface area contributed by atoms with Crippen molar-refractivity contribution in [3.8, 4) is 0 Å². The van der Waals surface area contributed by atoms with Gasteiger partial charge in [0, 0.05) is 0 Å². The predicted octanol–water partition coefficient (Wildman–Crippen LogP) is 5.25. The quantitative estimate of drug-likeness (QED) is 0.387. The van der Waals surface area contributed by atoms with Crippen molar-refractivity contribution in [2.24, 2.45) is 0 Å². The molecule has 36 heavy (non-hydrogen) atoms. The Balaban J connectivity index is 1.35. The van der Waals surface area contributed by atoms with Gasteiger partial charge >= 0.3 is 0 Å². The van der Waals surface area contributed by atoms with E-state index in [1.54, 1.807) is 0 Å². The summed E-state index contributed by atoms with van der Waals surface area (Å²) in [6.07, 6.45) is -2.20. The summed E-state index contributed by atoms with van der Waals surface area (Å²) in [5.41, 5.74) is 3.26. The van der Waals surface area contributed by atoms with Gasteiger partial charge in [-0.05, 0) is 30.5 Å². The average Bonchev–Trinajstić information content (AvgIpc) is 3.21. The maximum atomic E-state index is 6.51. The summed E-state index contributed by atoms with van der Waals surface area (Å²) in [7, 11) is 0. The van der Waals surface area contributed by atoms with Gasteiger partial charge in [-0.2, -0.15) is 0 Å². The number of fused-ring (bicyclic) bond motifs is 1. The van der Waals surface area contributed by atoms with Gasteiger partial charge < -0.3 is 28.4 Å². The Morgan fingerprint density at radius 2 is 1.14 bits per heavy atom. The summed E-state index contributed by atoms with van der Waals surface area (Å²) in [6.45, 7) is 5.47. The summed E-state index contributed by atoms with van der Waals surface area (Å²) >= 11 is 0. The van der Waals surface area contributed by atoms with Crippen molar-refractivity contribution in [2.45, 2.75) is 70.2 Å². The summed E-state index contributed by atoms with van der Waals surface area (Å²) in [6, 6.07) is 30.3. The third-order valence-electron chi connectivity index (χ3n) is 6.38. The lowest BCUT2D eigenvalue weighted by molar-refractivity contribution is -0.279. The van der Waals surface area contributed by atoms with Crippen molar-refractivity contribution in [2.75, 3.05) is 6.61 Å². The maximum Gasteiger partial charge on any atom is 0.190 e. The van der Waals surface area contributed by atoms with Crippen molar-refractivity contribution in [1.82, 2.24) is 0 Å². The highest BCUT2D eigenvalue weighted by Crippen LogP contribution is 2.39. The highest BCUT2D eigenvalue weighted by Gasteiger charge is 2.55. The molecule has 6 nitrogen and oxygen atoms in total. The molecule has 0 aliphatic carbocycles. The van der Waals surface area contributed by atoms with Crippen LogP contribution in [0.4, 0.5) is 0 Å². The summed E-state index contributed by atoms with van der Waals surface area (Å²) in [5, 5.41) is 0. The van der Waals surface area contributed by atoms with Crippen molar-refractivity contribution >= 4 is 0 Å². The van der Waals surface area contributed by atoms with Gasteiger partial charge in [0.25, 0.3) is 0 Å². The van der Waals surface area contributed by atoms with E-state index in [0.717, 1.165) is 16.7 Å². The minimum atomic E-state index is -0.784. The van der Waals surface area contributed by atoms with Crippen LogP contribution >= 0.6 is 0 Å². The first-order chi connectivity index (χ1) is 17.6. The molecule has 190 valence electrons. The van der Waals surface area contributed by atoms with Gasteiger partial charge in [0.1, 0.15) is 24.4 Å². The van der Waals surface area contributed by atoms with E-state index in [9.17, 15) is 0 Å². The molecule has 5 rings (SSSR count). The molecule has 0 spiro atoms. The van der Waals surface area contributed by atoms with E-state index in [1.807, 2.05) is 105 Å². The maximum absolute atomic E-state index is 6.51. The molecule has 0 unspecified atom stereocenters. The second-order valence-electron chi connectivity index (χ2n) is 9.67. The van der Waals surface area contributed by atoms with E-state index in [-0.39, 0.29) is 0 Å². The third-order valence-corrected chi connectivity index (χ3v) is 6.38. The van der Waals surface area contributed by atoms with E-state index in [4.69, 9.17) is 28.4 Å². The molecule has 5 atom stereocenters. The van der Waals surface area contributed by atoms with E-state index in [2.05, 4.69) is 0 Å². The molecule has 3 aromatic rings. The Morgan fingerprint density at radius 3 is 1.69 bits per heavy atom. The fourth-order valence-corrected chi connectivity index (χ4v) is 4.66. The first kappa shape index (κ1) is 25.1. The fraction of sp³-hybridized carbons (Fsp3) is 0.400. The van der Waals surface area contributed by atoms with Crippen LogP contribution in [0, 0.1) is 0 Å². The molecular weight excluding hydrogens is 456 g/mol. The summed E-state index contributed by atoms with van der Waals surface area (Å²) in [5.74, 6) is -0.784. The van der Waals surface area contributed by atoms with E-state index in [1.165, 1.54) is 0 Å².